The fourth-order valence-corrected chi connectivity index (χ4v) is 6.51. The van der Waals surface area contributed by atoms with Crippen molar-refractivity contribution in [1.29, 1.82) is 0 Å². The Morgan fingerprint density at radius 3 is 2.42 bits per heavy atom. The van der Waals surface area contributed by atoms with Crippen LogP contribution in [0, 0.1) is 5.92 Å². The summed E-state index contributed by atoms with van der Waals surface area (Å²) < 4.78 is 16.5. The number of benzene rings is 2. The molecule has 1 aliphatic carbocycles. The number of amides is 1. The Balaban J connectivity index is 1.36. The number of rotatable bonds is 11. The van der Waals surface area contributed by atoms with Crippen LogP contribution < -0.4 is 24.6 Å². The topological polar surface area (TPSA) is 93.2 Å². The van der Waals surface area contributed by atoms with E-state index < -0.39 is 6.04 Å². The van der Waals surface area contributed by atoms with Gasteiger partial charge in [-0.3, -0.25) is 14.5 Å². The highest BCUT2D eigenvalue weighted by molar-refractivity contribution is 6.30. The standard InChI is InChI=1S/C35H43ClN4O5/c1-22(2)45-31-18-29-25(16-30(31)43-4)17-33(41)40(35(29)24-8-10-26(36)11-9-24)32-15-14-28(19-38-32)39(3)21-23-6-12-27(13-7-23)37-20-34(42)44-5/h8-11,14-16,18-19,22-23,27,35,37H,6-7,12-13,17,20-21H2,1-5H3/t23-,27-,35-/m0/s1. The van der Waals surface area contributed by atoms with E-state index in [1.54, 1.807) is 12.0 Å². The fourth-order valence-electron chi connectivity index (χ4n) is 6.38. The minimum absolute atomic E-state index is 0.0447. The van der Waals surface area contributed by atoms with Crippen molar-refractivity contribution >= 4 is 35.0 Å². The molecule has 0 bridgehead atoms. The SMILES string of the molecule is COC(=O)CN[C@H]1CC[C@H](CN(C)c2ccc(N3C(=O)Cc4cc(OC)c(OC(C)C)cc4[C@@H]3c3ccc(Cl)cc3)nc2)CC1. The van der Waals surface area contributed by atoms with Crippen molar-refractivity contribution in [3.63, 3.8) is 0 Å². The van der Waals surface area contributed by atoms with Gasteiger partial charge in [-0.15, -0.1) is 0 Å². The second-order valence-corrected chi connectivity index (χ2v) is 12.6. The lowest BCUT2D eigenvalue weighted by atomic mass is 9.85. The highest BCUT2D eigenvalue weighted by Crippen LogP contribution is 2.43. The third-order valence-electron chi connectivity index (χ3n) is 8.70. The molecule has 1 saturated carbocycles. The van der Waals surface area contributed by atoms with E-state index in [0.29, 0.717) is 34.3 Å². The van der Waals surface area contributed by atoms with Gasteiger partial charge < -0.3 is 24.4 Å². The molecule has 2 heterocycles. The number of anilines is 2. The first kappa shape index (κ1) is 32.6. The maximum Gasteiger partial charge on any atom is 0.319 e. The van der Waals surface area contributed by atoms with Crippen molar-refractivity contribution in [3.8, 4) is 11.5 Å². The molecule has 9 nitrogen and oxygen atoms in total. The maximum atomic E-state index is 13.8. The summed E-state index contributed by atoms with van der Waals surface area (Å²) in [6.07, 6.45) is 6.27. The van der Waals surface area contributed by atoms with Crippen LogP contribution in [0.4, 0.5) is 11.5 Å². The number of esters is 1. The number of halogens is 1. The number of hydrogen-bond acceptors (Lipinski definition) is 8. The van der Waals surface area contributed by atoms with Gasteiger partial charge in [0.1, 0.15) is 5.82 Å². The third kappa shape index (κ3) is 7.71. The smallest absolute Gasteiger partial charge is 0.319 e. The van der Waals surface area contributed by atoms with Crippen molar-refractivity contribution in [2.75, 3.05) is 44.2 Å². The maximum absolute atomic E-state index is 13.8. The van der Waals surface area contributed by atoms with E-state index in [0.717, 1.165) is 54.6 Å². The predicted molar refractivity (Wildman–Crippen MR) is 177 cm³/mol. The summed E-state index contributed by atoms with van der Waals surface area (Å²) in [6, 6.07) is 15.4. The van der Waals surface area contributed by atoms with E-state index in [1.165, 1.54) is 7.11 Å². The van der Waals surface area contributed by atoms with Crippen LogP contribution in [-0.4, -0.2) is 63.4 Å². The van der Waals surface area contributed by atoms with Crippen LogP contribution in [0.25, 0.3) is 0 Å². The summed E-state index contributed by atoms with van der Waals surface area (Å²) >= 11 is 6.26. The average molecular weight is 635 g/mol. The molecule has 2 aliphatic rings. The molecule has 1 N–H and O–H groups in total. The third-order valence-corrected chi connectivity index (χ3v) is 8.95. The van der Waals surface area contributed by atoms with Crippen LogP contribution in [0.5, 0.6) is 11.5 Å². The van der Waals surface area contributed by atoms with E-state index in [4.69, 9.17) is 30.8 Å². The van der Waals surface area contributed by atoms with Gasteiger partial charge in [-0.25, -0.2) is 4.98 Å². The number of hydrogen-bond donors (Lipinski definition) is 1. The Labute approximate surface area is 270 Å². The van der Waals surface area contributed by atoms with Gasteiger partial charge in [-0.2, -0.15) is 0 Å². The Morgan fingerprint density at radius 2 is 1.80 bits per heavy atom. The molecule has 0 unspecified atom stereocenters. The molecular formula is C35H43ClN4O5. The fraction of sp³-hybridized carbons (Fsp3) is 0.457. The second kappa shape index (κ2) is 14.5. The van der Waals surface area contributed by atoms with E-state index in [9.17, 15) is 9.59 Å². The molecule has 1 aliphatic heterocycles. The van der Waals surface area contributed by atoms with Crippen LogP contribution in [0.2, 0.25) is 5.02 Å². The summed E-state index contributed by atoms with van der Waals surface area (Å²) in [4.78, 5) is 34.1. The van der Waals surface area contributed by atoms with Gasteiger partial charge in [0.25, 0.3) is 0 Å². The Kier molecular flexibility index (Phi) is 10.5. The van der Waals surface area contributed by atoms with Crippen molar-refractivity contribution in [2.45, 2.75) is 64.1 Å². The van der Waals surface area contributed by atoms with Gasteiger partial charge in [-0.1, -0.05) is 23.7 Å². The quantitative estimate of drug-likeness (QED) is 0.258. The lowest BCUT2D eigenvalue weighted by molar-refractivity contribution is -0.139. The molecule has 0 spiro atoms. The van der Waals surface area contributed by atoms with Gasteiger partial charge in [0, 0.05) is 24.7 Å². The first-order valence-electron chi connectivity index (χ1n) is 15.6. The van der Waals surface area contributed by atoms with Crippen molar-refractivity contribution in [3.05, 3.63) is 76.4 Å². The largest absolute Gasteiger partial charge is 0.493 e. The molecule has 45 heavy (non-hydrogen) atoms. The number of pyridine rings is 1. The molecule has 1 fully saturated rings. The highest BCUT2D eigenvalue weighted by atomic mass is 35.5. The van der Waals surface area contributed by atoms with E-state index in [2.05, 4.69) is 17.3 Å². The summed E-state index contributed by atoms with van der Waals surface area (Å²) in [5.41, 5.74) is 3.78. The lowest BCUT2D eigenvalue weighted by Crippen LogP contribution is -2.41. The number of carbonyl (C=O) groups is 2. The Morgan fingerprint density at radius 1 is 1.07 bits per heavy atom. The summed E-state index contributed by atoms with van der Waals surface area (Å²) in [7, 11) is 5.11. The first-order chi connectivity index (χ1) is 21.7. The van der Waals surface area contributed by atoms with Crippen LogP contribution >= 0.6 is 11.6 Å². The van der Waals surface area contributed by atoms with Gasteiger partial charge in [0.2, 0.25) is 5.91 Å². The molecule has 240 valence electrons. The minimum atomic E-state index is -0.419. The molecule has 3 aromatic rings. The number of nitrogens with zero attached hydrogens (tertiary/aromatic N) is 3. The van der Waals surface area contributed by atoms with Crippen LogP contribution in [0.3, 0.4) is 0 Å². The van der Waals surface area contributed by atoms with E-state index >= 15 is 0 Å². The molecule has 1 amide bonds. The summed E-state index contributed by atoms with van der Waals surface area (Å²) in [5.74, 6) is 2.11. The predicted octanol–water partition coefficient (Wildman–Crippen LogP) is 5.97. The Hall–Kier alpha value is -3.82. The van der Waals surface area contributed by atoms with Crippen LogP contribution in [0.15, 0.2) is 54.7 Å². The normalized spacial score (nSPS) is 19.7. The average Bonchev–Trinajstić information content (AvgIpc) is 3.04. The highest BCUT2D eigenvalue weighted by Gasteiger charge is 2.37. The zero-order valence-electron chi connectivity index (χ0n) is 26.7. The Bertz CT molecular complexity index is 1470. The van der Waals surface area contributed by atoms with Crippen molar-refractivity contribution < 1.29 is 23.8 Å². The van der Waals surface area contributed by atoms with Gasteiger partial charge in [0.15, 0.2) is 11.5 Å². The van der Waals surface area contributed by atoms with Crippen LogP contribution in [0.1, 0.15) is 62.3 Å². The second-order valence-electron chi connectivity index (χ2n) is 12.2. The number of aromatic nitrogens is 1. The summed E-state index contributed by atoms with van der Waals surface area (Å²) in [6.45, 7) is 5.12. The van der Waals surface area contributed by atoms with Crippen molar-refractivity contribution in [1.82, 2.24) is 10.3 Å². The van der Waals surface area contributed by atoms with Crippen LogP contribution in [-0.2, 0) is 20.7 Å². The molecular weight excluding hydrogens is 592 g/mol. The molecule has 10 heteroatoms. The number of methoxy groups -OCH3 is 2. The lowest BCUT2D eigenvalue weighted by Gasteiger charge is -2.37. The van der Waals surface area contributed by atoms with E-state index in [-0.39, 0.29) is 30.9 Å². The monoisotopic (exact) mass is 634 g/mol. The number of ether oxygens (including phenoxy) is 3. The molecule has 0 radical (unpaired) electrons. The molecule has 5 rings (SSSR count). The molecule has 2 aromatic carbocycles. The van der Waals surface area contributed by atoms with Gasteiger partial charge in [0.05, 0.1) is 51.2 Å². The molecule has 0 saturated heterocycles. The number of nitrogens with one attached hydrogen (secondary N) is 1. The number of carbonyl (C=O) groups excluding carboxylic acids is 2. The molecule has 1 aromatic heterocycles. The summed E-state index contributed by atoms with van der Waals surface area (Å²) in [5, 5.41) is 3.94. The van der Waals surface area contributed by atoms with Crippen molar-refractivity contribution in [2.24, 2.45) is 5.92 Å². The number of fused-ring (bicyclic) bond motifs is 1. The van der Waals surface area contributed by atoms with E-state index in [1.807, 2.05) is 68.6 Å². The van der Waals surface area contributed by atoms with Gasteiger partial charge in [-0.05, 0) is 98.5 Å². The van der Waals surface area contributed by atoms with Gasteiger partial charge >= 0.3 is 5.97 Å². The first-order valence-corrected chi connectivity index (χ1v) is 16.0. The zero-order chi connectivity index (χ0) is 32.1. The minimum Gasteiger partial charge on any atom is -0.493 e. The molecule has 1 atom stereocenters. The zero-order valence-corrected chi connectivity index (χ0v) is 27.5.